The summed E-state index contributed by atoms with van der Waals surface area (Å²) in [5.74, 6) is -0.0867. The van der Waals surface area contributed by atoms with Gasteiger partial charge in [0, 0.05) is 93.9 Å². The van der Waals surface area contributed by atoms with E-state index in [1.54, 1.807) is 0 Å². The number of aryl methyl sites for hydroxylation is 2. The van der Waals surface area contributed by atoms with E-state index >= 15 is 4.39 Å². The summed E-state index contributed by atoms with van der Waals surface area (Å²) in [5, 5.41) is 3.39. The van der Waals surface area contributed by atoms with E-state index in [4.69, 9.17) is 0 Å². The molecule has 5 heterocycles. The summed E-state index contributed by atoms with van der Waals surface area (Å²) in [6.07, 6.45) is 11.9. The highest BCUT2D eigenvalue weighted by Gasteiger charge is 2.34. The van der Waals surface area contributed by atoms with E-state index in [0.29, 0.717) is 12.1 Å². The van der Waals surface area contributed by atoms with Crippen molar-refractivity contribution in [2.24, 2.45) is 0 Å². The Balaban J connectivity index is 1.16. The van der Waals surface area contributed by atoms with Gasteiger partial charge >= 0.3 is 0 Å². The molecule has 0 radical (unpaired) electrons. The highest BCUT2D eigenvalue weighted by atomic mass is 19.1. The zero-order chi connectivity index (χ0) is 29.3. The van der Waals surface area contributed by atoms with Gasteiger partial charge in [-0.1, -0.05) is 0 Å². The van der Waals surface area contributed by atoms with Crippen molar-refractivity contribution in [2.45, 2.75) is 64.6 Å². The molecule has 3 aliphatic heterocycles. The minimum Gasteiger partial charge on any atom is -0.369 e. The summed E-state index contributed by atoms with van der Waals surface area (Å²) >= 11 is 0. The first-order chi connectivity index (χ1) is 21.0. The molecule has 1 saturated carbocycles. The minimum absolute atomic E-state index is 0.0867. The number of nitrogens with zero attached hydrogens (tertiary/aromatic N) is 6. The summed E-state index contributed by atoms with van der Waals surface area (Å²) < 4.78 is 15.6. The molecule has 3 aromatic rings. The maximum absolute atomic E-state index is 15.6. The molecule has 0 amide bonds. The molecular weight excluding hydrogens is 537 g/mol. The number of pyridine rings is 2. The normalized spacial score (nSPS) is 20.8. The van der Waals surface area contributed by atoms with Crippen LogP contribution in [0.4, 0.5) is 21.5 Å². The van der Waals surface area contributed by atoms with Gasteiger partial charge in [-0.2, -0.15) is 0 Å². The second kappa shape index (κ2) is 12.2. The van der Waals surface area contributed by atoms with Crippen LogP contribution in [0.15, 0.2) is 60.6 Å². The van der Waals surface area contributed by atoms with E-state index in [1.807, 2.05) is 25.4 Å². The Morgan fingerprint density at radius 2 is 1.77 bits per heavy atom. The van der Waals surface area contributed by atoms with E-state index in [2.05, 4.69) is 78.3 Å². The predicted molar refractivity (Wildman–Crippen MR) is 172 cm³/mol. The smallest absolute Gasteiger partial charge is 0.146 e. The summed E-state index contributed by atoms with van der Waals surface area (Å²) in [7, 11) is 0. The molecule has 1 atom stereocenters. The third-order valence-corrected chi connectivity index (χ3v) is 9.49. The second-order valence-electron chi connectivity index (χ2n) is 12.9. The molecular formula is C35H44FN7. The van der Waals surface area contributed by atoms with Crippen molar-refractivity contribution in [3.05, 3.63) is 88.9 Å². The van der Waals surface area contributed by atoms with Gasteiger partial charge in [-0.25, -0.2) is 4.39 Å². The topological polar surface area (TPSA) is 50.8 Å². The van der Waals surface area contributed by atoms with Crippen LogP contribution in [-0.2, 0) is 13.0 Å². The molecule has 3 fully saturated rings. The Morgan fingerprint density at radius 3 is 2.53 bits per heavy atom. The molecule has 0 spiro atoms. The van der Waals surface area contributed by atoms with E-state index < -0.39 is 0 Å². The number of fused-ring (bicyclic) bond motifs is 1. The molecule has 7 nitrogen and oxygen atoms in total. The van der Waals surface area contributed by atoms with Gasteiger partial charge in [0.2, 0.25) is 0 Å². The standard InChI is InChI=1S/C35H44FN7/c1-25-5-6-31(20-39-25)41-13-3-4-32(24-41)42(21-27-9-10-38-26(2)16-27)22-28-17-29-18-33(36)35(40-14-11-37-12-15-40)19-34(29)43(23-28)30-7-8-30/h5-6,9-10,16,18-20,23,30,32,37H,3-4,7-8,11-15,17,21-22,24H2,1-2H3/t32-/m0/s1. The molecule has 0 bridgehead atoms. The molecule has 43 heavy (non-hydrogen) atoms. The quantitative estimate of drug-likeness (QED) is 0.391. The molecule has 1 aliphatic carbocycles. The Kier molecular flexibility index (Phi) is 8.06. The molecule has 226 valence electrons. The largest absolute Gasteiger partial charge is 0.369 e. The van der Waals surface area contributed by atoms with Crippen LogP contribution >= 0.6 is 0 Å². The van der Waals surface area contributed by atoms with Gasteiger partial charge in [0.15, 0.2) is 0 Å². The third kappa shape index (κ3) is 6.41. The van der Waals surface area contributed by atoms with E-state index in [0.717, 1.165) is 87.8 Å². The summed E-state index contributed by atoms with van der Waals surface area (Å²) in [6.45, 7) is 11.4. The number of benzene rings is 1. The van der Waals surface area contributed by atoms with Gasteiger partial charge < -0.3 is 20.0 Å². The first-order valence-corrected chi connectivity index (χ1v) is 16.1. The first kappa shape index (κ1) is 28.3. The molecule has 4 aliphatic rings. The fraction of sp³-hybridized carbons (Fsp3) is 0.486. The number of piperazine rings is 1. The molecule has 2 saturated heterocycles. The lowest BCUT2D eigenvalue weighted by atomic mass is 9.96. The maximum atomic E-state index is 15.6. The van der Waals surface area contributed by atoms with Crippen molar-refractivity contribution in [1.82, 2.24) is 20.2 Å². The van der Waals surface area contributed by atoms with Crippen molar-refractivity contribution in [3.63, 3.8) is 0 Å². The van der Waals surface area contributed by atoms with Gasteiger partial charge in [-0.3, -0.25) is 14.9 Å². The van der Waals surface area contributed by atoms with Crippen LogP contribution < -0.4 is 20.0 Å². The number of anilines is 3. The Hall–Kier alpha value is -3.49. The number of aromatic nitrogens is 2. The van der Waals surface area contributed by atoms with Crippen LogP contribution in [0.5, 0.6) is 0 Å². The van der Waals surface area contributed by atoms with Crippen LogP contribution in [0.2, 0.25) is 0 Å². The third-order valence-electron chi connectivity index (χ3n) is 9.49. The van der Waals surface area contributed by atoms with Crippen LogP contribution in [-0.4, -0.2) is 72.8 Å². The van der Waals surface area contributed by atoms with Crippen molar-refractivity contribution >= 4 is 17.1 Å². The monoisotopic (exact) mass is 581 g/mol. The first-order valence-electron chi connectivity index (χ1n) is 16.1. The minimum atomic E-state index is -0.0867. The van der Waals surface area contributed by atoms with E-state index in [-0.39, 0.29) is 5.82 Å². The summed E-state index contributed by atoms with van der Waals surface area (Å²) in [6, 6.07) is 13.6. The molecule has 0 unspecified atom stereocenters. The van der Waals surface area contributed by atoms with Crippen LogP contribution in [0, 0.1) is 19.7 Å². The molecule has 1 aromatic carbocycles. The van der Waals surface area contributed by atoms with Crippen LogP contribution in [0.25, 0.3) is 0 Å². The van der Waals surface area contributed by atoms with Crippen molar-refractivity contribution < 1.29 is 4.39 Å². The highest BCUT2D eigenvalue weighted by molar-refractivity contribution is 5.69. The van der Waals surface area contributed by atoms with Gasteiger partial charge in [-0.15, -0.1) is 0 Å². The second-order valence-corrected chi connectivity index (χ2v) is 12.9. The van der Waals surface area contributed by atoms with E-state index in [1.165, 1.54) is 41.8 Å². The zero-order valence-corrected chi connectivity index (χ0v) is 25.6. The number of halogens is 1. The summed E-state index contributed by atoms with van der Waals surface area (Å²) in [5.41, 5.74) is 9.05. The van der Waals surface area contributed by atoms with Gasteiger partial charge in [0.25, 0.3) is 0 Å². The van der Waals surface area contributed by atoms with E-state index in [9.17, 15) is 0 Å². The molecule has 2 aromatic heterocycles. The zero-order valence-electron chi connectivity index (χ0n) is 25.6. The van der Waals surface area contributed by atoms with Crippen LogP contribution in [0.1, 0.15) is 48.2 Å². The lowest BCUT2D eigenvalue weighted by Crippen LogP contribution is -2.48. The number of rotatable bonds is 8. The highest BCUT2D eigenvalue weighted by Crippen LogP contribution is 2.41. The van der Waals surface area contributed by atoms with Gasteiger partial charge in [0.05, 0.1) is 17.6 Å². The Bertz CT molecular complexity index is 1460. The molecule has 8 heteroatoms. The molecule has 7 rings (SSSR count). The van der Waals surface area contributed by atoms with Crippen molar-refractivity contribution in [3.8, 4) is 0 Å². The average molecular weight is 582 g/mol. The molecule has 1 N–H and O–H groups in total. The summed E-state index contributed by atoms with van der Waals surface area (Å²) in [4.78, 5) is 18.9. The fourth-order valence-electron chi connectivity index (χ4n) is 7.08. The van der Waals surface area contributed by atoms with Crippen molar-refractivity contribution in [1.29, 1.82) is 0 Å². The Morgan fingerprint density at radius 1 is 0.907 bits per heavy atom. The number of piperidine rings is 1. The number of hydrogen-bond donors (Lipinski definition) is 1. The maximum Gasteiger partial charge on any atom is 0.146 e. The van der Waals surface area contributed by atoms with Crippen LogP contribution in [0.3, 0.4) is 0 Å². The van der Waals surface area contributed by atoms with Crippen molar-refractivity contribution in [2.75, 3.05) is 60.5 Å². The Labute approximate surface area is 255 Å². The predicted octanol–water partition coefficient (Wildman–Crippen LogP) is 5.22. The number of hydrogen-bond acceptors (Lipinski definition) is 7. The van der Waals surface area contributed by atoms with Gasteiger partial charge in [0.1, 0.15) is 5.82 Å². The van der Waals surface area contributed by atoms with Gasteiger partial charge in [-0.05, 0) is 99.0 Å². The fourth-order valence-corrected chi connectivity index (χ4v) is 7.08. The average Bonchev–Trinajstić information content (AvgIpc) is 3.87. The number of nitrogens with one attached hydrogen (secondary N) is 1. The lowest BCUT2D eigenvalue weighted by Gasteiger charge is -2.41. The SMILES string of the molecule is Cc1ccc(N2CCC[C@H](N(CC3=CN(C4CC4)c4cc(N5CCNCC5)c(F)cc4C3)Cc3ccnc(C)c3)C2)cn1. The lowest BCUT2D eigenvalue weighted by molar-refractivity contribution is 0.180.